The van der Waals surface area contributed by atoms with Crippen LogP contribution in [0.15, 0.2) is 6.07 Å². The summed E-state index contributed by atoms with van der Waals surface area (Å²) in [6, 6.07) is -2.36. The summed E-state index contributed by atoms with van der Waals surface area (Å²) >= 11 is 0. The van der Waals surface area contributed by atoms with E-state index in [9.17, 15) is 44.7 Å². The third kappa shape index (κ3) is 3.13. The quantitative estimate of drug-likeness (QED) is 0.426. The fourth-order valence-electron chi connectivity index (χ4n) is 2.85. The van der Waals surface area contributed by atoms with Gasteiger partial charge in [0.15, 0.2) is 34.8 Å². The van der Waals surface area contributed by atoms with Gasteiger partial charge in [-0.2, -0.15) is 8.78 Å². The van der Waals surface area contributed by atoms with Gasteiger partial charge < -0.3 is 9.84 Å². The number of rotatable bonds is 3. The molecule has 0 saturated heterocycles. The summed E-state index contributed by atoms with van der Waals surface area (Å²) in [7, 11) is 0. The van der Waals surface area contributed by atoms with E-state index < -0.39 is 92.2 Å². The Hall–Kier alpha value is -3.45. The Morgan fingerprint density at radius 3 is 1.90 bits per heavy atom. The molecule has 0 bridgehead atoms. The molecule has 0 aromatic heterocycles. The Labute approximate surface area is 165 Å². The number of fused-ring (bicyclic) bond motifs is 1. The van der Waals surface area contributed by atoms with E-state index in [2.05, 4.69) is 4.74 Å². The first-order valence-electron chi connectivity index (χ1n) is 7.89. The van der Waals surface area contributed by atoms with Crippen molar-refractivity contribution in [3.63, 3.8) is 0 Å². The molecule has 0 fully saturated rings. The largest absolute Gasteiger partial charge is 0.483 e. The lowest BCUT2D eigenvalue weighted by Crippen LogP contribution is -2.56. The van der Waals surface area contributed by atoms with E-state index in [-0.39, 0.29) is 6.07 Å². The molecule has 0 spiro atoms. The lowest BCUT2D eigenvalue weighted by atomic mass is 9.99. The normalized spacial score (nSPS) is 16.1. The minimum absolute atomic E-state index is 0.117. The van der Waals surface area contributed by atoms with Crippen LogP contribution in [0.3, 0.4) is 0 Å². The number of carbonyl (C=O) groups is 2. The van der Waals surface area contributed by atoms with Crippen molar-refractivity contribution in [2.24, 2.45) is 0 Å². The average molecular weight is 459 g/mol. The number of alkyl halides is 2. The number of carbonyl (C=O) groups excluding carboxylic acids is 1. The molecule has 0 aliphatic carbocycles. The molecule has 3 rings (SSSR count). The van der Waals surface area contributed by atoms with Gasteiger partial charge in [-0.15, -0.1) is 0 Å². The second-order valence-electron chi connectivity index (χ2n) is 6.15. The van der Waals surface area contributed by atoms with Gasteiger partial charge in [-0.05, 0) is 6.92 Å². The molecular formula is C17H6F9NO4. The molecule has 1 heterocycles. The zero-order chi connectivity index (χ0) is 23.6. The summed E-state index contributed by atoms with van der Waals surface area (Å²) in [5, 5.41) is 9.03. The van der Waals surface area contributed by atoms with E-state index >= 15 is 4.39 Å². The summed E-state index contributed by atoms with van der Waals surface area (Å²) in [4.78, 5) is 22.7. The highest BCUT2D eigenvalue weighted by atomic mass is 19.3. The molecule has 1 aliphatic rings. The Kier molecular flexibility index (Phi) is 5.06. The van der Waals surface area contributed by atoms with Crippen molar-refractivity contribution >= 4 is 17.6 Å². The van der Waals surface area contributed by atoms with Crippen LogP contribution in [-0.2, 0) is 9.59 Å². The van der Waals surface area contributed by atoms with Crippen LogP contribution in [0.25, 0.3) is 11.1 Å². The summed E-state index contributed by atoms with van der Waals surface area (Å²) in [5.41, 5.74) is -5.55. The predicted octanol–water partition coefficient (Wildman–Crippen LogP) is 4.12. The second kappa shape index (κ2) is 7.06. The zero-order valence-electron chi connectivity index (χ0n) is 14.7. The highest BCUT2D eigenvalue weighted by Crippen LogP contribution is 2.47. The molecule has 1 amide bonds. The van der Waals surface area contributed by atoms with Crippen LogP contribution in [0.1, 0.15) is 6.92 Å². The Morgan fingerprint density at radius 1 is 0.935 bits per heavy atom. The van der Waals surface area contributed by atoms with Crippen LogP contribution in [0.5, 0.6) is 5.75 Å². The molecule has 14 heteroatoms. The minimum Gasteiger partial charge on any atom is -0.480 e. The first kappa shape index (κ1) is 22.2. The summed E-state index contributed by atoms with van der Waals surface area (Å²) in [6.07, 6.45) is -4.79. The zero-order valence-corrected chi connectivity index (χ0v) is 14.7. The number of hydrogen-bond acceptors (Lipinski definition) is 3. The van der Waals surface area contributed by atoms with Crippen LogP contribution in [0.2, 0.25) is 0 Å². The van der Waals surface area contributed by atoms with Crippen LogP contribution in [0.4, 0.5) is 45.2 Å². The number of ether oxygens (including phenoxy) is 1. The average Bonchev–Trinajstić information content (AvgIpc) is 2.68. The number of aliphatic carboxylic acids is 1. The highest BCUT2D eigenvalue weighted by molar-refractivity contribution is 6.05. The molecule has 31 heavy (non-hydrogen) atoms. The van der Waals surface area contributed by atoms with Gasteiger partial charge in [0.2, 0.25) is 5.82 Å². The third-order valence-electron chi connectivity index (χ3n) is 4.31. The van der Waals surface area contributed by atoms with Crippen LogP contribution in [0, 0.1) is 40.7 Å². The number of benzene rings is 2. The van der Waals surface area contributed by atoms with Gasteiger partial charge in [-0.1, -0.05) is 0 Å². The van der Waals surface area contributed by atoms with Crippen molar-refractivity contribution in [2.75, 3.05) is 4.90 Å². The maximum atomic E-state index is 15.1. The molecular weight excluding hydrogens is 453 g/mol. The van der Waals surface area contributed by atoms with Crippen molar-refractivity contribution in [1.29, 1.82) is 0 Å². The molecule has 1 atom stereocenters. The van der Waals surface area contributed by atoms with E-state index in [1.165, 1.54) is 0 Å². The number of hydrogen-bond donors (Lipinski definition) is 1. The van der Waals surface area contributed by atoms with Crippen molar-refractivity contribution in [3.05, 3.63) is 46.8 Å². The van der Waals surface area contributed by atoms with Crippen molar-refractivity contribution < 1.29 is 58.9 Å². The monoisotopic (exact) mass is 459 g/mol. The first-order valence-corrected chi connectivity index (χ1v) is 7.89. The van der Waals surface area contributed by atoms with Crippen molar-refractivity contribution in [1.82, 2.24) is 0 Å². The second-order valence-corrected chi connectivity index (χ2v) is 6.15. The van der Waals surface area contributed by atoms with Gasteiger partial charge in [0.25, 0.3) is 0 Å². The molecule has 1 unspecified atom stereocenters. The number of halogens is 9. The molecule has 166 valence electrons. The van der Waals surface area contributed by atoms with Crippen molar-refractivity contribution in [3.8, 4) is 16.9 Å². The van der Waals surface area contributed by atoms with Gasteiger partial charge in [0, 0.05) is 6.07 Å². The number of amides is 1. The standard InChI is InChI=1S/C17H6F9NO4/c1-3(15(28)29)27-14-5(31-17(25,26)16(27)30)2-4(18)6(10(14)21)7-8(19)11(22)13(24)12(23)9(7)20/h2-3H,1H3,(H,28,29). The Balaban J connectivity index is 2.43. The van der Waals surface area contributed by atoms with E-state index in [1.807, 2.05) is 0 Å². The number of carboxylic acids is 1. The van der Waals surface area contributed by atoms with Crippen LogP contribution in [-0.4, -0.2) is 29.1 Å². The molecule has 5 nitrogen and oxygen atoms in total. The molecule has 0 radical (unpaired) electrons. The van der Waals surface area contributed by atoms with Gasteiger partial charge in [-0.25, -0.2) is 35.5 Å². The molecule has 2 aromatic rings. The number of carboxylic acid groups (broad SMARTS) is 1. The smallest absolute Gasteiger partial charge is 0.480 e. The van der Waals surface area contributed by atoms with E-state index in [1.54, 1.807) is 0 Å². The fraction of sp³-hybridized carbons (Fsp3) is 0.176. The summed E-state index contributed by atoms with van der Waals surface area (Å²) in [6.45, 7) is 0.631. The van der Waals surface area contributed by atoms with Gasteiger partial charge in [0.05, 0.1) is 11.1 Å². The minimum atomic E-state index is -4.79. The lowest BCUT2D eigenvalue weighted by molar-refractivity contribution is -0.193. The first-order chi connectivity index (χ1) is 14.2. The highest BCUT2D eigenvalue weighted by Gasteiger charge is 2.54. The Morgan fingerprint density at radius 2 is 1.42 bits per heavy atom. The molecule has 1 aliphatic heterocycles. The topological polar surface area (TPSA) is 66.8 Å². The third-order valence-corrected chi connectivity index (χ3v) is 4.31. The fourth-order valence-corrected chi connectivity index (χ4v) is 2.85. The SMILES string of the molecule is CC(C(=O)O)N1C(=O)C(F)(F)Oc2cc(F)c(-c3c(F)c(F)c(F)c(F)c3F)c(F)c21. The van der Waals surface area contributed by atoms with E-state index in [0.717, 1.165) is 0 Å². The molecule has 0 saturated carbocycles. The lowest BCUT2D eigenvalue weighted by Gasteiger charge is -2.36. The van der Waals surface area contributed by atoms with Gasteiger partial charge >= 0.3 is 18.0 Å². The predicted molar refractivity (Wildman–Crippen MR) is 81.7 cm³/mol. The maximum Gasteiger partial charge on any atom is 0.483 e. The molecule has 2 aromatic carbocycles. The van der Waals surface area contributed by atoms with Crippen molar-refractivity contribution in [2.45, 2.75) is 19.1 Å². The molecule has 1 N–H and O–H groups in total. The van der Waals surface area contributed by atoms with E-state index in [0.29, 0.717) is 6.92 Å². The van der Waals surface area contributed by atoms with Crippen LogP contribution >= 0.6 is 0 Å². The summed E-state index contributed by atoms with van der Waals surface area (Å²) < 4.78 is 129. The summed E-state index contributed by atoms with van der Waals surface area (Å²) in [5.74, 6) is -23.4. The van der Waals surface area contributed by atoms with Gasteiger partial charge in [-0.3, -0.25) is 9.69 Å². The maximum absolute atomic E-state index is 15.1. The van der Waals surface area contributed by atoms with Crippen LogP contribution < -0.4 is 9.64 Å². The number of anilines is 1. The Bertz CT molecular complexity index is 1120. The van der Waals surface area contributed by atoms with Gasteiger partial charge in [0.1, 0.15) is 17.5 Å². The van der Waals surface area contributed by atoms with E-state index in [4.69, 9.17) is 5.11 Å². The number of nitrogens with zero attached hydrogens (tertiary/aromatic N) is 1.